The van der Waals surface area contributed by atoms with Crippen LogP contribution in [0.15, 0.2) is 64.2 Å². The summed E-state index contributed by atoms with van der Waals surface area (Å²) in [7, 11) is 0. The van der Waals surface area contributed by atoms with Crippen molar-refractivity contribution < 1.29 is 37.1 Å². The molecule has 4 atom stereocenters. The standard InChI is InChI=1S/C30H38F3NO4.C22H29NO/c1-8-9-19-15-25(34-38-19)28(4,5)18-13-22(35)26-20-12-17(23(36)16-27(2,3)30(31,32)33)10-11-21(20)29(6,7)37-24(26)14-18;1-6-11-21(2,3)16-8-9-17-18-12-15(14-23)7-10-19(18)22(4,5)24-20(17)13-16/h10,13-15,20-21,35H,8-9,11-12,16H2,1-7H3;7-9,13,18-19H,6,10-12H2,1-5H3/t20-,21-;18-,19+/m10/s1. The van der Waals surface area contributed by atoms with Crippen LogP contribution in [-0.2, 0) is 22.0 Å². The maximum Gasteiger partial charge on any atom is 0.394 e. The SMILES string of the molecule is CCCC(C)(C)c1ccc2c(c1)OC(C)(C)[C@@H]1CC=C(C#N)C[C@@H]21.CCCc1cc(C(C)(C)c2cc(O)c3c(c2)OC(C)(C)[C@@H]2CC=C(C(=O)CC(C)(C)C(F)(F)F)C[C@@H]32)no1. The molecule has 10 heteroatoms. The Balaban J connectivity index is 0.000000229. The molecule has 0 saturated carbocycles. The van der Waals surface area contributed by atoms with Gasteiger partial charge in [0.1, 0.15) is 34.2 Å². The Hall–Kier alpha value is -4.52. The van der Waals surface area contributed by atoms with Crippen LogP contribution >= 0.6 is 0 Å². The third-order valence-corrected chi connectivity index (χ3v) is 14.5. The number of rotatable bonds is 10. The van der Waals surface area contributed by atoms with Crippen molar-refractivity contribution in [3.63, 3.8) is 0 Å². The predicted octanol–water partition coefficient (Wildman–Crippen LogP) is 13.7. The van der Waals surface area contributed by atoms with Crippen molar-refractivity contribution in [2.24, 2.45) is 17.3 Å². The molecule has 62 heavy (non-hydrogen) atoms. The number of ether oxygens (including phenoxy) is 2. The summed E-state index contributed by atoms with van der Waals surface area (Å²) in [6.07, 6.45) is 5.38. The Labute approximate surface area is 367 Å². The highest BCUT2D eigenvalue weighted by molar-refractivity contribution is 5.96. The van der Waals surface area contributed by atoms with Crippen LogP contribution in [0, 0.1) is 28.6 Å². The maximum absolute atomic E-state index is 13.4. The van der Waals surface area contributed by atoms with Crippen LogP contribution < -0.4 is 9.47 Å². The Morgan fingerprint density at radius 2 is 1.48 bits per heavy atom. The van der Waals surface area contributed by atoms with Crippen molar-refractivity contribution in [1.82, 2.24) is 5.16 Å². The van der Waals surface area contributed by atoms with E-state index in [1.807, 2.05) is 39.8 Å². The number of benzene rings is 2. The number of carbonyl (C=O) groups excluding carboxylic acids is 1. The van der Waals surface area contributed by atoms with Crippen molar-refractivity contribution in [1.29, 1.82) is 5.26 Å². The maximum atomic E-state index is 13.4. The van der Waals surface area contributed by atoms with Gasteiger partial charge in [0, 0.05) is 53.2 Å². The fourth-order valence-corrected chi connectivity index (χ4v) is 10.3. The molecule has 7 nitrogen and oxygen atoms in total. The number of nitrogens with zero attached hydrogens (tertiary/aromatic N) is 2. The van der Waals surface area contributed by atoms with Crippen molar-refractivity contribution >= 4 is 5.78 Å². The number of aromatic hydroxyl groups is 1. The molecule has 1 aromatic heterocycles. The minimum absolute atomic E-state index is 0.0425. The summed E-state index contributed by atoms with van der Waals surface area (Å²) in [4.78, 5) is 13.0. The third-order valence-electron chi connectivity index (χ3n) is 14.5. The van der Waals surface area contributed by atoms with E-state index in [0.29, 0.717) is 35.1 Å². The van der Waals surface area contributed by atoms with Gasteiger partial charge >= 0.3 is 6.18 Å². The van der Waals surface area contributed by atoms with Crippen LogP contribution in [0.5, 0.6) is 17.2 Å². The van der Waals surface area contributed by atoms with Crippen LogP contribution in [0.4, 0.5) is 13.2 Å². The van der Waals surface area contributed by atoms with Crippen molar-refractivity contribution in [3.8, 4) is 23.3 Å². The molecule has 2 aliphatic carbocycles. The van der Waals surface area contributed by atoms with Crippen molar-refractivity contribution in [3.05, 3.63) is 93.4 Å². The molecular weight excluding hydrogens is 790 g/mol. The molecule has 3 heterocycles. The van der Waals surface area contributed by atoms with E-state index < -0.39 is 34.8 Å². The second kappa shape index (κ2) is 16.9. The summed E-state index contributed by atoms with van der Waals surface area (Å²) in [5.41, 5.74) is 2.78. The van der Waals surface area contributed by atoms with Crippen LogP contribution in [-0.4, -0.2) is 33.4 Å². The van der Waals surface area contributed by atoms with Gasteiger partial charge < -0.3 is 19.1 Å². The molecular formula is C52H67F3N2O5. The van der Waals surface area contributed by atoms with E-state index in [1.165, 1.54) is 24.0 Å². The van der Waals surface area contributed by atoms with Gasteiger partial charge in [0.05, 0.1) is 17.2 Å². The third kappa shape index (κ3) is 9.11. The zero-order chi connectivity index (χ0) is 45.8. The van der Waals surface area contributed by atoms with Gasteiger partial charge in [0.2, 0.25) is 0 Å². The first-order valence-corrected chi connectivity index (χ1v) is 22.5. The van der Waals surface area contributed by atoms with Gasteiger partial charge in [-0.2, -0.15) is 18.4 Å². The van der Waals surface area contributed by atoms with Crippen LogP contribution in [0.1, 0.15) is 180 Å². The van der Waals surface area contributed by atoms with Gasteiger partial charge in [-0.05, 0) is 118 Å². The van der Waals surface area contributed by atoms with Gasteiger partial charge in [0.25, 0.3) is 0 Å². The number of hydrogen-bond donors (Lipinski definition) is 1. The summed E-state index contributed by atoms with van der Waals surface area (Å²) < 4.78 is 58.7. The van der Waals surface area contributed by atoms with E-state index in [-0.39, 0.29) is 35.0 Å². The second-order valence-corrected chi connectivity index (χ2v) is 21.1. The summed E-state index contributed by atoms with van der Waals surface area (Å²) in [5, 5.41) is 24.9. The highest BCUT2D eigenvalue weighted by Gasteiger charge is 2.51. The second-order valence-electron chi connectivity index (χ2n) is 21.1. The number of fused-ring (bicyclic) bond motifs is 6. The molecule has 7 rings (SSSR count). The lowest BCUT2D eigenvalue weighted by Gasteiger charge is -2.47. The number of nitriles is 1. The average molecular weight is 857 g/mol. The first kappa shape index (κ1) is 47.0. The Kier molecular flexibility index (Phi) is 12.8. The lowest BCUT2D eigenvalue weighted by Crippen LogP contribution is -2.46. The zero-order valence-electron chi connectivity index (χ0n) is 38.9. The first-order valence-electron chi connectivity index (χ1n) is 22.5. The number of ketones is 1. The number of halogens is 3. The first-order chi connectivity index (χ1) is 28.8. The molecule has 0 fully saturated rings. The largest absolute Gasteiger partial charge is 0.508 e. The number of aryl methyl sites for hydroxylation is 1. The lowest BCUT2D eigenvalue weighted by atomic mass is 9.65. The number of phenols is 1. The van der Waals surface area contributed by atoms with E-state index in [0.717, 1.165) is 67.9 Å². The smallest absolute Gasteiger partial charge is 0.394 e. The van der Waals surface area contributed by atoms with Crippen LogP contribution in [0.2, 0.25) is 0 Å². The van der Waals surface area contributed by atoms with Gasteiger partial charge in [-0.3, -0.25) is 4.79 Å². The number of carbonyl (C=O) groups is 1. The Bertz CT molecular complexity index is 2270. The van der Waals surface area contributed by atoms with E-state index in [1.54, 1.807) is 12.1 Å². The van der Waals surface area contributed by atoms with E-state index >= 15 is 0 Å². The number of hydrogen-bond acceptors (Lipinski definition) is 7. The van der Waals surface area contributed by atoms with Gasteiger partial charge in [-0.15, -0.1) is 0 Å². The number of aromatic nitrogens is 1. The highest BCUT2D eigenvalue weighted by Crippen LogP contribution is 2.56. The van der Waals surface area contributed by atoms with Gasteiger partial charge in [0.15, 0.2) is 5.78 Å². The quantitative estimate of drug-likeness (QED) is 0.216. The molecule has 0 saturated heterocycles. The van der Waals surface area contributed by atoms with Crippen LogP contribution in [0.3, 0.4) is 0 Å². The highest BCUT2D eigenvalue weighted by atomic mass is 19.4. The molecule has 2 aliphatic heterocycles. The van der Waals surface area contributed by atoms with E-state index in [4.69, 9.17) is 14.0 Å². The van der Waals surface area contributed by atoms with Crippen molar-refractivity contribution in [2.75, 3.05) is 0 Å². The Morgan fingerprint density at radius 1 is 0.855 bits per heavy atom. The molecule has 1 N–H and O–H groups in total. The van der Waals surface area contributed by atoms with E-state index in [2.05, 4.69) is 77.0 Å². The van der Waals surface area contributed by atoms with E-state index in [9.17, 15) is 28.3 Å². The number of alkyl halides is 3. The monoisotopic (exact) mass is 857 g/mol. The van der Waals surface area contributed by atoms with Crippen molar-refractivity contribution in [2.45, 2.75) is 181 Å². The molecule has 0 unspecified atom stereocenters. The zero-order valence-corrected chi connectivity index (χ0v) is 38.9. The molecule has 2 aromatic carbocycles. The van der Waals surface area contributed by atoms with Gasteiger partial charge in [-0.25, -0.2) is 0 Å². The number of phenolic OH excluding ortho intramolecular Hbond substituents is 1. The fraction of sp³-hybridized carbons (Fsp3) is 0.596. The number of Topliss-reactive ketones (excluding diaryl/α,β-unsaturated/α-hetero) is 1. The normalized spacial score (nSPS) is 22.7. The molecule has 0 amide bonds. The summed E-state index contributed by atoms with van der Waals surface area (Å²) in [6.45, 7) is 23.4. The predicted molar refractivity (Wildman–Crippen MR) is 237 cm³/mol. The molecule has 0 radical (unpaired) electrons. The minimum Gasteiger partial charge on any atom is -0.508 e. The molecule has 0 bridgehead atoms. The molecule has 3 aromatic rings. The summed E-state index contributed by atoms with van der Waals surface area (Å²) in [5.74, 6) is 2.45. The molecule has 4 aliphatic rings. The fourth-order valence-electron chi connectivity index (χ4n) is 10.3. The van der Waals surface area contributed by atoms with Crippen LogP contribution in [0.25, 0.3) is 0 Å². The Morgan fingerprint density at radius 3 is 2.11 bits per heavy atom. The summed E-state index contributed by atoms with van der Waals surface area (Å²) in [6, 6.07) is 14.7. The minimum atomic E-state index is -4.48. The average Bonchev–Trinajstić information content (AvgIpc) is 3.66. The topological polar surface area (TPSA) is 106 Å². The van der Waals surface area contributed by atoms with Gasteiger partial charge in [-0.1, -0.05) is 91.3 Å². The molecule has 0 spiro atoms. The summed E-state index contributed by atoms with van der Waals surface area (Å²) >= 11 is 0. The lowest BCUT2D eigenvalue weighted by molar-refractivity contribution is -0.213. The number of allylic oxidation sites excluding steroid dienone is 4. The molecule has 336 valence electrons.